The molecule has 3 aromatic rings. The van der Waals surface area contributed by atoms with Crippen LogP contribution >= 0.6 is 0 Å². The number of carbonyl (C=O) groups is 2. The average Bonchev–Trinajstić information content (AvgIpc) is 3.20. The van der Waals surface area contributed by atoms with Crippen molar-refractivity contribution in [1.29, 1.82) is 0 Å². The lowest BCUT2D eigenvalue weighted by atomic mass is 9.93. The molecule has 0 bridgehead atoms. The van der Waals surface area contributed by atoms with Crippen LogP contribution in [0.2, 0.25) is 0 Å². The number of benzene rings is 2. The van der Waals surface area contributed by atoms with Gasteiger partial charge in [0.1, 0.15) is 5.76 Å². The molecule has 0 fully saturated rings. The molecule has 12 heteroatoms. The normalized spacial score (nSPS) is 14.2. The van der Waals surface area contributed by atoms with Crippen LogP contribution in [0.4, 0.5) is 24.5 Å². The molecule has 192 valence electrons. The summed E-state index contributed by atoms with van der Waals surface area (Å²) in [5.74, 6) is -0.948. The van der Waals surface area contributed by atoms with Gasteiger partial charge in [0.25, 0.3) is 11.6 Å². The molecule has 0 saturated heterocycles. The lowest BCUT2D eigenvalue weighted by Gasteiger charge is -2.13. The highest BCUT2D eigenvalue weighted by Gasteiger charge is 2.34. The number of furan rings is 1. The lowest BCUT2D eigenvalue weighted by molar-refractivity contribution is -0.384. The van der Waals surface area contributed by atoms with Gasteiger partial charge in [-0.2, -0.15) is 18.3 Å². The highest BCUT2D eigenvalue weighted by Crippen LogP contribution is 2.35. The number of hydrogen-bond acceptors (Lipinski definition) is 6. The molecule has 37 heavy (non-hydrogen) atoms. The van der Waals surface area contributed by atoms with Crippen LogP contribution in [0.1, 0.15) is 51.4 Å². The molecule has 0 atom stereocenters. The first-order valence-corrected chi connectivity index (χ1v) is 11.2. The van der Waals surface area contributed by atoms with Gasteiger partial charge in [0.2, 0.25) is 5.91 Å². The predicted molar refractivity (Wildman–Crippen MR) is 127 cm³/mol. The Bertz CT molecular complexity index is 1390. The van der Waals surface area contributed by atoms with E-state index in [-0.39, 0.29) is 23.6 Å². The topological polar surface area (TPSA) is 127 Å². The van der Waals surface area contributed by atoms with Crippen LogP contribution in [0.3, 0.4) is 0 Å². The van der Waals surface area contributed by atoms with Gasteiger partial charge in [0.05, 0.1) is 28.3 Å². The molecule has 2 aromatic carbocycles. The molecule has 2 amide bonds. The largest absolute Gasteiger partial charge is 0.455 e. The number of fused-ring (bicyclic) bond motifs is 1. The van der Waals surface area contributed by atoms with Gasteiger partial charge >= 0.3 is 6.18 Å². The van der Waals surface area contributed by atoms with E-state index >= 15 is 0 Å². The van der Waals surface area contributed by atoms with Crippen molar-refractivity contribution in [3.05, 3.63) is 92.4 Å². The monoisotopic (exact) mass is 514 g/mol. The standard InChI is InChI=1S/C25H21F3N4O5/c1-14-22-19(30-31-21(33)13-15-9-11-16(12-10-15)32(35)36)7-4-8-20(22)37-23(14)24(34)29-18-6-3-2-5-17(18)25(26,27)28/h2-3,5-6,9-12H,4,7-8,13H2,1H3,(H,29,34)(H,31,33)/b30-19+. The number of nitro groups is 1. The van der Waals surface area contributed by atoms with Gasteiger partial charge in [-0.05, 0) is 37.5 Å². The molecular weight excluding hydrogens is 493 g/mol. The summed E-state index contributed by atoms with van der Waals surface area (Å²) in [6.07, 6.45) is -3.08. The van der Waals surface area contributed by atoms with Crippen LogP contribution in [-0.2, 0) is 23.8 Å². The maximum atomic E-state index is 13.3. The van der Waals surface area contributed by atoms with E-state index in [1.165, 1.54) is 36.4 Å². The molecule has 0 unspecified atom stereocenters. The number of amides is 2. The zero-order valence-electron chi connectivity index (χ0n) is 19.5. The number of anilines is 1. The summed E-state index contributed by atoms with van der Waals surface area (Å²) in [5.41, 5.74) is 2.99. The van der Waals surface area contributed by atoms with E-state index < -0.39 is 28.5 Å². The predicted octanol–water partition coefficient (Wildman–Crippen LogP) is 5.17. The van der Waals surface area contributed by atoms with Crippen molar-refractivity contribution < 1.29 is 32.1 Å². The number of halogens is 3. The Morgan fingerprint density at radius 3 is 2.49 bits per heavy atom. The zero-order chi connectivity index (χ0) is 26.7. The second kappa shape index (κ2) is 10.2. The molecule has 1 aliphatic carbocycles. The van der Waals surface area contributed by atoms with E-state index in [9.17, 15) is 32.9 Å². The van der Waals surface area contributed by atoms with Crippen LogP contribution in [0, 0.1) is 17.0 Å². The maximum Gasteiger partial charge on any atom is 0.418 e. The Morgan fingerprint density at radius 2 is 1.81 bits per heavy atom. The third-order valence-electron chi connectivity index (χ3n) is 5.84. The van der Waals surface area contributed by atoms with Crippen molar-refractivity contribution in [2.75, 3.05) is 5.32 Å². The molecule has 1 aromatic heterocycles. The van der Waals surface area contributed by atoms with Gasteiger partial charge in [0.15, 0.2) is 5.76 Å². The quantitative estimate of drug-likeness (QED) is 0.347. The van der Waals surface area contributed by atoms with Crippen molar-refractivity contribution in [1.82, 2.24) is 5.43 Å². The molecule has 0 saturated carbocycles. The Labute approximate surface area is 208 Å². The van der Waals surface area contributed by atoms with Crippen molar-refractivity contribution >= 4 is 28.9 Å². The van der Waals surface area contributed by atoms with E-state index in [0.29, 0.717) is 47.4 Å². The summed E-state index contributed by atoms with van der Waals surface area (Å²) in [6.45, 7) is 1.60. The fourth-order valence-corrected chi connectivity index (χ4v) is 4.11. The first-order valence-electron chi connectivity index (χ1n) is 11.2. The molecule has 9 nitrogen and oxygen atoms in total. The van der Waals surface area contributed by atoms with Gasteiger partial charge in [-0.25, -0.2) is 5.43 Å². The van der Waals surface area contributed by atoms with Crippen molar-refractivity contribution in [3.8, 4) is 0 Å². The third-order valence-corrected chi connectivity index (χ3v) is 5.84. The van der Waals surface area contributed by atoms with Gasteiger partial charge in [0, 0.05) is 29.7 Å². The van der Waals surface area contributed by atoms with Crippen LogP contribution in [0.15, 0.2) is 58.0 Å². The first-order chi connectivity index (χ1) is 17.5. The van der Waals surface area contributed by atoms with Crippen LogP contribution < -0.4 is 10.7 Å². The molecule has 0 spiro atoms. The number of nitrogens with one attached hydrogen (secondary N) is 2. The number of hydrazone groups is 1. The lowest BCUT2D eigenvalue weighted by Crippen LogP contribution is -2.23. The number of nitrogens with zero attached hydrogens (tertiary/aromatic N) is 2. The van der Waals surface area contributed by atoms with E-state index in [2.05, 4.69) is 15.8 Å². The van der Waals surface area contributed by atoms with E-state index in [4.69, 9.17) is 4.42 Å². The van der Waals surface area contributed by atoms with Gasteiger partial charge in [-0.1, -0.05) is 24.3 Å². The molecule has 1 aliphatic rings. The summed E-state index contributed by atoms with van der Waals surface area (Å²) in [5, 5.41) is 17.2. The number of aryl methyl sites for hydroxylation is 1. The van der Waals surface area contributed by atoms with E-state index in [1.54, 1.807) is 6.92 Å². The number of para-hydroxylation sites is 1. The zero-order valence-corrected chi connectivity index (χ0v) is 19.5. The highest BCUT2D eigenvalue weighted by molar-refractivity contribution is 6.09. The van der Waals surface area contributed by atoms with E-state index in [0.717, 1.165) is 12.1 Å². The number of rotatable bonds is 6. The fraction of sp³-hybridized carbons (Fsp3) is 0.240. The molecule has 0 aliphatic heterocycles. The molecule has 1 heterocycles. The van der Waals surface area contributed by atoms with Crippen molar-refractivity contribution in [3.63, 3.8) is 0 Å². The summed E-state index contributed by atoms with van der Waals surface area (Å²) < 4.78 is 45.6. The van der Waals surface area contributed by atoms with Crippen LogP contribution in [-0.4, -0.2) is 22.4 Å². The van der Waals surface area contributed by atoms with Crippen LogP contribution in [0.5, 0.6) is 0 Å². The second-order valence-electron chi connectivity index (χ2n) is 8.40. The molecular formula is C25H21F3N4O5. The summed E-state index contributed by atoms with van der Waals surface area (Å²) >= 11 is 0. The minimum absolute atomic E-state index is 0.0573. The number of carbonyl (C=O) groups excluding carboxylic acids is 2. The van der Waals surface area contributed by atoms with Crippen LogP contribution in [0.25, 0.3) is 0 Å². The third kappa shape index (κ3) is 5.68. The summed E-state index contributed by atoms with van der Waals surface area (Å²) in [4.78, 5) is 35.4. The second-order valence-corrected chi connectivity index (χ2v) is 8.40. The number of nitro benzene ring substituents is 1. The molecule has 2 N–H and O–H groups in total. The fourth-order valence-electron chi connectivity index (χ4n) is 4.11. The Balaban J connectivity index is 1.51. The van der Waals surface area contributed by atoms with Crippen molar-refractivity contribution in [2.24, 2.45) is 5.10 Å². The average molecular weight is 514 g/mol. The van der Waals surface area contributed by atoms with Crippen molar-refractivity contribution in [2.45, 2.75) is 38.8 Å². The minimum Gasteiger partial charge on any atom is -0.455 e. The smallest absolute Gasteiger partial charge is 0.418 e. The Kier molecular flexibility index (Phi) is 7.09. The summed E-state index contributed by atoms with van der Waals surface area (Å²) in [7, 11) is 0. The Morgan fingerprint density at radius 1 is 1.11 bits per heavy atom. The number of hydrogen-bond donors (Lipinski definition) is 2. The van der Waals surface area contributed by atoms with E-state index in [1.807, 2.05) is 0 Å². The summed E-state index contributed by atoms with van der Waals surface area (Å²) in [6, 6.07) is 10.2. The number of alkyl halides is 3. The number of non-ortho nitro benzene ring substituents is 1. The van der Waals surface area contributed by atoms with Gasteiger partial charge in [-0.3, -0.25) is 19.7 Å². The van der Waals surface area contributed by atoms with Gasteiger partial charge in [-0.15, -0.1) is 0 Å². The first kappa shape index (κ1) is 25.6. The minimum atomic E-state index is -4.65. The molecule has 4 rings (SSSR count). The molecule has 0 radical (unpaired) electrons. The SMILES string of the molecule is Cc1c(C(=O)Nc2ccccc2C(F)(F)F)oc2c1/C(=N/NC(=O)Cc1ccc([N+](=O)[O-])cc1)CCC2. The van der Waals surface area contributed by atoms with Gasteiger partial charge < -0.3 is 9.73 Å². The Hall–Kier alpha value is -4.48. The highest BCUT2D eigenvalue weighted by atomic mass is 19.4. The maximum absolute atomic E-state index is 13.3.